The number of hydrogen-bond donors (Lipinski definition) is 2. The second kappa shape index (κ2) is 14.9. The van der Waals surface area contributed by atoms with Gasteiger partial charge in [-0.25, -0.2) is 9.59 Å². The number of carbonyl (C=O) groups excluding carboxylic acids is 3. The number of amides is 4. The number of piperidine rings is 2. The Morgan fingerprint density at radius 1 is 1.02 bits per heavy atom. The van der Waals surface area contributed by atoms with Gasteiger partial charge >= 0.3 is 18.3 Å². The fraction of sp³-hybridized carbons (Fsp3) is 0.606. The van der Waals surface area contributed by atoms with E-state index in [0.717, 1.165) is 68.1 Å². The van der Waals surface area contributed by atoms with Crippen LogP contribution in [0.15, 0.2) is 23.6 Å². The first-order valence-corrected chi connectivity index (χ1v) is 18.0. The van der Waals surface area contributed by atoms with E-state index in [1.54, 1.807) is 9.80 Å². The average molecular weight is 727 g/mol. The van der Waals surface area contributed by atoms with Gasteiger partial charge in [0.05, 0.1) is 17.1 Å². The molecule has 1 atom stereocenters. The Morgan fingerprint density at radius 3 is 2.43 bits per heavy atom. The highest BCUT2D eigenvalue weighted by molar-refractivity contribution is 7.14. The second-order valence-corrected chi connectivity index (χ2v) is 14.7. The number of rotatable bonds is 6. The van der Waals surface area contributed by atoms with Crippen LogP contribution in [0.5, 0.6) is 5.75 Å². The molecule has 5 heterocycles. The summed E-state index contributed by atoms with van der Waals surface area (Å²) in [6.07, 6.45) is -3.82. The number of thiophene rings is 1. The molecule has 2 N–H and O–H groups in total. The molecule has 0 spiro atoms. The topological polar surface area (TPSA) is 109 Å². The van der Waals surface area contributed by atoms with Gasteiger partial charge in [-0.15, -0.1) is 11.3 Å². The molecule has 2 aromatic rings. The molecule has 1 aromatic heterocycles. The lowest BCUT2D eigenvalue weighted by Crippen LogP contribution is -2.53. The normalized spacial score (nSPS) is 21.2. The number of phenolic OH excluding ortho intramolecular Hbond substituents is 1. The number of aromatic hydroxyl groups is 1. The van der Waals surface area contributed by atoms with Crippen molar-refractivity contribution in [1.29, 1.82) is 0 Å². The maximum atomic E-state index is 14.0. The molecule has 4 amide bonds. The van der Waals surface area contributed by atoms with Gasteiger partial charge in [-0.2, -0.15) is 13.2 Å². The molecule has 11 nitrogen and oxygen atoms in total. The summed E-state index contributed by atoms with van der Waals surface area (Å²) < 4.78 is 47.0. The molecule has 49 heavy (non-hydrogen) atoms. The average Bonchev–Trinajstić information content (AvgIpc) is 3.42. The van der Waals surface area contributed by atoms with Gasteiger partial charge in [-0.05, 0) is 81.4 Å². The van der Waals surface area contributed by atoms with Gasteiger partial charge in [0, 0.05) is 63.3 Å². The van der Waals surface area contributed by atoms with E-state index >= 15 is 0 Å². The summed E-state index contributed by atoms with van der Waals surface area (Å²) in [5.41, 5.74) is -0.277. The zero-order valence-corrected chi connectivity index (χ0v) is 29.0. The van der Waals surface area contributed by atoms with Gasteiger partial charge < -0.3 is 29.4 Å². The predicted molar refractivity (Wildman–Crippen MR) is 179 cm³/mol. The molecular formula is C33H42ClF3N6O5S. The highest BCUT2D eigenvalue weighted by atomic mass is 35.5. The van der Waals surface area contributed by atoms with Crippen molar-refractivity contribution in [3.05, 3.63) is 45.3 Å². The van der Waals surface area contributed by atoms with Crippen LogP contribution in [0.3, 0.4) is 0 Å². The van der Waals surface area contributed by atoms with E-state index in [1.807, 2.05) is 11.4 Å². The molecule has 3 fully saturated rings. The Kier molecular flexibility index (Phi) is 10.8. The molecule has 0 unspecified atom stereocenters. The number of nitrogens with one attached hydrogen (secondary N) is 1. The maximum absolute atomic E-state index is 14.0. The van der Waals surface area contributed by atoms with Crippen molar-refractivity contribution in [2.45, 2.75) is 69.4 Å². The zero-order chi connectivity index (χ0) is 34.9. The number of likely N-dealkylation sites (N-methyl/N-ethyl adjacent to an activating group) is 1. The van der Waals surface area contributed by atoms with Crippen LogP contribution in [-0.2, 0) is 28.7 Å². The van der Waals surface area contributed by atoms with Crippen LogP contribution >= 0.6 is 22.9 Å². The number of carbonyl (C=O) groups is 3. The number of halogens is 4. The number of anilines is 1. The first-order valence-electron chi connectivity index (χ1n) is 16.8. The minimum Gasteiger partial charge on any atom is -0.506 e. The quantitative estimate of drug-likeness (QED) is 0.416. The molecule has 3 saturated heterocycles. The van der Waals surface area contributed by atoms with Crippen LogP contribution < -0.4 is 5.32 Å². The monoisotopic (exact) mass is 726 g/mol. The fourth-order valence-electron chi connectivity index (χ4n) is 7.31. The van der Waals surface area contributed by atoms with E-state index in [-0.39, 0.29) is 37.1 Å². The lowest BCUT2D eigenvalue weighted by atomic mass is 9.99. The number of ether oxygens (including phenoxy) is 1. The summed E-state index contributed by atoms with van der Waals surface area (Å²) in [5, 5.41) is 15.2. The number of alkyl halides is 3. The third-order valence-corrected chi connectivity index (χ3v) is 11.3. The lowest BCUT2D eigenvalue weighted by Gasteiger charge is -2.40. The van der Waals surface area contributed by atoms with Crippen LogP contribution in [0.2, 0.25) is 5.02 Å². The Bertz CT molecular complexity index is 1530. The smallest absolute Gasteiger partial charge is 0.420 e. The van der Waals surface area contributed by atoms with Crippen LogP contribution in [0.25, 0.3) is 0 Å². The van der Waals surface area contributed by atoms with E-state index in [2.05, 4.69) is 22.2 Å². The summed E-state index contributed by atoms with van der Waals surface area (Å²) in [6.45, 7) is 5.87. The van der Waals surface area contributed by atoms with E-state index in [0.29, 0.717) is 38.5 Å². The minimum absolute atomic E-state index is 0.00691. The molecule has 268 valence electrons. The van der Waals surface area contributed by atoms with Gasteiger partial charge in [0.1, 0.15) is 10.8 Å². The summed E-state index contributed by atoms with van der Waals surface area (Å²) >= 11 is 7.46. The number of likely N-dealkylation sites (tertiary alicyclic amines) is 2. The number of fused-ring (bicyclic) bond motifs is 1. The van der Waals surface area contributed by atoms with Crippen molar-refractivity contribution in [3.63, 3.8) is 0 Å². The molecule has 1 aromatic carbocycles. The van der Waals surface area contributed by atoms with Gasteiger partial charge in [0.25, 0.3) is 5.91 Å². The maximum Gasteiger partial charge on any atom is 0.420 e. The Labute approximate surface area is 292 Å². The molecule has 16 heteroatoms. The van der Waals surface area contributed by atoms with E-state index in [9.17, 15) is 32.7 Å². The van der Waals surface area contributed by atoms with Crippen molar-refractivity contribution in [3.8, 4) is 5.75 Å². The number of nitrogens with zero attached hydrogens (tertiary/aromatic N) is 5. The Hall–Kier alpha value is -3.27. The Balaban J connectivity index is 1.13. The van der Waals surface area contributed by atoms with E-state index in [4.69, 9.17) is 16.3 Å². The van der Waals surface area contributed by atoms with Crippen molar-refractivity contribution < 1.29 is 37.4 Å². The number of benzene rings is 1. The first kappa shape index (κ1) is 35.6. The summed E-state index contributed by atoms with van der Waals surface area (Å²) in [6, 6.07) is 3.92. The summed E-state index contributed by atoms with van der Waals surface area (Å²) in [5.74, 6) is -1.58. The third kappa shape index (κ3) is 8.21. The van der Waals surface area contributed by atoms with Crippen LogP contribution in [-0.4, -0.2) is 125 Å². The third-order valence-electron chi connectivity index (χ3n) is 10.1. The second-order valence-electron chi connectivity index (χ2n) is 13.3. The van der Waals surface area contributed by atoms with Gasteiger partial charge in [0.15, 0.2) is 6.10 Å². The number of phenols is 1. The molecule has 0 saturated carbocycles. The zero-order valence-electron chi connectivity index (χ0n) is 27.4. The number of hydrogen-bond acceptors (Lipinski definition) is 8. The minimum atomic E-state index is -4.88. The Morgan fingerprint density at radius 2 is 1.71 bits per heavy atom. The predicted octanol–water partition coefficient (Wildman–Crippen LogP) is 5.31. The standard InChI is InChI=1S/C33H42ClF3N6O5S/c1-39-8-2-9-40(15-14-39)23-3-10-41(11-4-23)30(45)27(19-21-17-25(33(35,36)37)28(44)26(34)18-21)48-32(47)42-12-5-24(6-13-42)43-20-22-7-16-49-29(22)38-31(43)46/h7,16-18,23-24,27,44H,2-6,8-15,19-20H2,1H3,(H,38,46)/t27-/m1/s1. The molecular weight excluding hydrogens is 685 g/mol. The molecule has 0 radical (unpaired) electrons. The summed E-state index contributed by atoms with van der Waals surface area (Å²) in [4.78, 5) is 49.9. The molecule has 4 aliphatic rings. The highest BCUT2D eigenvalue weighted by Crippen LogP contribution is 2.41. The van der Waals surface area contributed by atoms with Crippen molar-refractivity contribution in [2.75, 3.05) is 64.7 Å². The van der Waals surface area contributed by atoms with Crippen molar-refractivity contribution >= 4 is 46.0 Å². The highest BCUT2D eigenvalue weighted by Gasteiger charge is 2.39. The van der Waals surface area contributed by atoms with E-state index in [1.165, 1.54) is 16.2 Å². The van der Waals surface area contributed by atoms with Crippen molar-refractivity contribution in [1.82, 2.24) is 24.5 Å². The lowest BCUT2D eigenvalue weighted by molar-refractivity contribution is -0.142. The van der Waals surface area contributed by atoms with Gasteiger partial charge in [0.2, 0.25) is 0 Å². The first-order chi connectivity index (χ1) is 23.4. The van der Waals surface area contributed by atoms with E-state index < -0.39 is 40.6 Å². The van der Waals surface area contributed by atoms with Crippen LogP contribution in [0, 0.1) is 0 Å². The summed E-state index contributed by atoms with van der Waals surface area (Å²) in [7, 11) is 2.11. The molecule has 0 bridgehead atoms. The van der Waals surface area contributed by atoms with Crippen LogP contribution in [0.4, 0.5) is 27.8 Å². The van der Waals surface area contributed by atoms with Crippen LogP contribution in [0.1, 0.15) is 48.8 Å². The molecule has 0 aliphatic carbocycles. The van der Waals surface area contributed by atoms with Gasteiger partial charge in [-0.3, -0.25) is 15.0 Å². The number of urea groups is 1. The fourth-order valence-corrected chi connectivity index (χ4v) is 8.36. The SMILES string of the molecule is CN1CCCN(C2CCN(C(=O)[C@@H](Cc3cc(Cl)c(O)c(C(F)(F)F)c3)OC(=O)N3CCC(N4Cc5ccsc5NC4=O)CC3)CC2)CC1. The van der Waals surface area contributed by atoms with Gasteiger partial charge in [-0.1, -0.05) is 11.6 Å². The molecule has 6 rings (SSSR count). The van der Waals surface area contributed by atoms with Crippen molar-refractivity contribution in [2.24, 2.45) is 0 Å². The largest absolute Gasteiger partial charge is 0.506 e. The molecule has 4 aliphatic heterocycles.